The van der Waals surface area contributed by atoms with E-state index in [1.54, 1.807) is 17.6 Å². The summed E-state index contributed by atoms with van der Waals surface area (Å²) in [5.74, 6) is 0.713. The highest BCUT2D eigenvalue weighted by Gasteiger charge is 2.14. The third-order valence-corrected chi connectivity index (χ3v) is 4.82. The molecule has 1 amide bonds. The first-order valence-electron chi connectivity index (χ1n) is 7.72. The number of hydrogen-bond acceptors (Lipinski definition) is 3. The van der Waals surface area contributed by atoms with Gasteiger partial charge in [0.25, 0.3) is 0 Å². The number of para-hydroxylation sites is 1. The van der Waals surface area contributed by atoms with Gasteiger partial charge in [-0.3, -0.25) is 4.79 Å². The third kappa shape index (κ3) is 2.86. The molecular weight excluding hydrogens is 320 g/mol. The number of fused-ring (bicyclic) bond motifs is 1. The summed E-state index contributed by atoms with van der Waals surface area (Å²) in [7, 11) is 0. The van der Waals surface area contributed by atoms with E-state index in [9.17, 15) is 4.79 Å². The average molecular weight is 336 g/mol. The van der Waals surface area contributed by atoms with Crippen LogP contribution >= 0.6 is 11.3 Å². The zero-order valence-electron chi connectivity index (χ0n) is 12.9. The zero-order valence-corrected chi connectivity index (χ0v) is 13.8. The van der Waals surface area contributed by atoms with E-state index >= 15 is 0 Å². The van der Waals surface area contributed by atoms with E-state index in [1.165, 1.54) is 0 Å². The molecule has 1 N–H and O–H groups in total. The van der Waals surface area contributed by atoms with E-state index in [0.29, 0.717) is 6.54 Å². The Hall–Kier alpha value is -2.79. The highest BCUT2D eigenvalue weighted by molar-refractivity contribution is 7.13. The molecule has 0 unspecified atom stereocenters. The molecule has 0 aliphatic carbocycles. The van der Waals surface area contributed by atoms with Crippen LogP contribution in [0.5, 0.6) is 0 Å². The van der Waals surface area contributed by atoms with E-state index in [2.05, 4.69) is 28.1 Å². The van der Waals surface area contributed by atoms with Crippen LogP contribution in [0, 0.1) is 0 Å². The molecule has 3 heterocycles. The van der Waals surface area contributed by atoms with Gasteiger partial charge in [0.2, 0.25) is 5.91 Å². The molecule has 0 saturated carbocycles. The Bertz CT molecular complexity index is 953. The number of nitrogens with one attached hydrogen (secondary N) is 1. The zero-order chi connectivity index (χ0) is 16.4. The Morgan fingerprint density at radius 1 is 1.12 bits per heavy atom. The van der Waals surface area contributed by atoms with Crippen molar-refractivity contribution in [3.63, 3.8) is 0 Å². The van der Waals surface area contributed by atoms with Gasteiger partial charge in [-0.1, -0.05) is 24.3 Å². The second-order valence-corrected chi connectivity index (χ2v) is 6.46. The molecule has 0 fully saturated rings. The van der Waals surface area contributed by atoms with Crippen LogP contribution in [0.1, 0.15) is 5.76 Å². The summed E-state index contributed by atoms with van der Waals surface area (Å²) in [6.07, 6.45) is 1.61. The van der Waals surface area contributed by atoms with Crippen molar-refractivity contribution in [2.24, 2.45) is 0 Å². The van der Waals surface area contributed by atoms with Crippen LogP contribution in [0.2, 0.25) is 0 Å². The van der Waals surface area contributed by atoms with Crippen molar-refractivity contribution in [3.05, 3.63) is 72.0 Å². The van der Waals surface area contributed by atoms with Crippen molar-refractivity contribution >= 4 is 28.1 Å². The summed E-state index contributed by atoms with van der Waals surface area (Å²) in [6, 6.07) is 18.0. The number of carbonyl (C=O) groups is 1. The van der Waals surface area contributed by atoms with Gasteiger partial charge in [0, 0.05) is 10.9 Å². The van der Waals surface area contributed by atoms with Gasteiger partial charge in [0.1, 0.15) is 12.3 Å². The molecular formula is C19H16N2O2S. The third-order valence-electron chi connectivity index (χ3n) is 3.93. The molecule has 4 rings (SSSR count). The van der Waals surface area contributed by atoms with Gasteiger partial charge in [0.05, 0.1) is 23.4 Å². The van der Waals surface area contributed by atoms with E-state index in [4.69, 9.17) is 4.42 Å². The van der Waals surface area contributed by atoms with Crippen LogP contribution in [0.25, 0.3) is 21.5 Å². The Morgan fingerprint density at radius 3 is 2.83 bits per heavy atom. The second-order valence-electron chi connectivity index (χ2n) is 5.51. The second kappa shape index (κ2) is 6.37. The number of rotatable bonds is 5. The first kappa shape index (κ1) is 14.8. The van der Waals surface area contributed by atoms with Crippen molar-refractivity contribution in [2.75, 3.05) is 0 Å². The smallest absolute Gasteiger partial charge is 0.240 e. The van der Waals surface area contributed by atoms with Crippen LogP contribution in [-0.4, -0.2) is 10.5 Å². The number of amides is 1. The molecule has 4 aromatic rings. The number of nitrogens with zero attached hydrogens (tertiary/aromatic N) is 1. The van der Waals surface area contributed by atoms with Crippen LogP contribution in [0.3, 0.4) is 0 Å². The van der Waals surface area contributed by atoms with Gasteiger partial charge in [-0.05, 0) is 35.7 Å². The maximum atomic E-state index is 12.4. The van der Waals surface area contributed by atoms with Gasteiger partial charge in [-0.2, -0.15) is 0 Å². The summed E-state index contributed by atoms with van der Waals surface area (Å²) in [5.41, 5.74) is 2.13. The molecule has 120 valence electrons. The van der Waals surface area contributed by atoms with Gasteiger partial charge >= 0.3 is 0 Å². The summed E-state index contributed by atoms with van der Waals surface area (Å²) in [6.45, 7) is 0.681. The molecule has 24 heavy (non-hydrogen) atoms. The molecule has 5 heteroatoms. The van der Waals surface area contributed by atoms with E-state index in [-0.39, 0.29) is 12.5 Å². The lowest BCUT2D eigenvalue weighted by Crippen LogP contribution is -2.27. The first-order valence-corrected chi connectivity index (χ1v) is 8.60. The highest BCUT2D eigenvalue weighted by Crippen LogP contribution is 2.31. The highest BCUT2D eigenvalue weighted by atomic mass is 32.1. The predicted molar refractivity (Wildman–Crippen MR) is 95.8 cm³/mol. The van der Waals surface area contributed by atoms with E-state index in [0.717, 1.165) is 27.2 Å². The Balaban J connectivity index is 1.62. The van der Waals surface area contributed by atoms with Crippen molar-refractivity contribution in [3.8, 4) is 10.6 Å². The quantitative estimate of drug-likeness (QED) is 0.591. The molecule has 0 aliphatic rings. The number of furan rings is 1. The monoisotopic (exact) mass is 336 g/mol. The maximum Gasteiger partial charge on any atom is 0.240 e. The van der Waals surface area contributed by atoms with Crippen LogP contribution in [0.15, 0.2) is 70.7 Å². The first-order chi connectivity index (χ1) is 11.8. The molecule has 3 aromatic heterocycles. The number of carbonyl (C=O) groups excluding carboxylic acids is 1. The van der Waals surface area contributed by atoms with Crippen LogP contribution in [0.4, 0.5) is 0 Å². The molecule has 0 aliphatic heterocycles. The van der Waals surface area contributed by atoms with E-state index in [1.807, 2.05) is 41.8 Å². The minimum Gasteiger partial charge on any atom is -0.467 e. The number of aromatic nitrogens is 1. The lowest BCUT2D eigenvalue weighted by Gasteiger charge is -2.10. The predicted octanol–water partition coefficient (Wildman–Crippen LogP) is 4.28. The van der Waals surface area contributed by atoms with Crippen molar-refractivity contribution in [2.45, 2.75) is 13.1 Å². The lowest BCUT2D eigenvalue weighted by atomic mass is 10.2. The summed E-state index contributed by atoms with van der Waals surface area (Å²) in [5, 5.41) is 6.10. The largest absolute Gasteiger partial charge is 0.467 e. The van der Waals surface area contributed by atoms with Gasteiger partial charge in [-0.25, -0.2) is 0 Å². The Labute approximate surface area is 143 Å². The minimum absolute atomic E-state index is 0.0365. The fourth-order valence-electron chi connectivity index (χ4n) is 2.81. The molecule has 0 radical (unpaired) electrons. The normalized spacial score (nSPS) is 11.0. The topological polar surface area (TPSA) is 47.2 Å². The fraction of sp³-hybridized carbons (Fsp3) is 0.105. The van der Waals surface area contributed by atoms with Crippen molar-refractivity contribution < 1.29 is 9.21 Å². The summed E-state index contributed by atoms with van der Waals surface area (Å²) < 4.78 is 7.32. The van der Waals surface area contributed by atoms with Gasteiger partial charge in [-0.15, -0.1) is 11.3 Å². The molecule has 1 aromatic carbocycles. The summed E-state index contributed by atoms with van der Waals surface area (Å²) >= 11 is 1.68. The lowest BCUT2D eigenvalue weighted by molar-refractivity contribution is -0.121. The molecule has 0 spiro atoms. The Kier molecular flexibility index (Phi) is 3.92. The molecule has 0 saturated heterocycles. The maximum absolute atomic E-state index is 12.4. The summed E-state index contributed by atoms with van der Waals surface area (Å²) in [4.78, 5) is 13.6. The van der Waals surface area contributed by atoms with Gasteiger partial charge < -0.3 is 14.3 Å². The van der Waals surface area contributed by atoms with Gasteiger partial charge in [0.15, 0.2) is 0 Å². The van der Waals surface area contributed by atoms with Crippen LogP contribution in [-0.2, 0) is 17.9 Å². The molecule has 0 bridgehead atoms. The average Bonchev–Trinajstić information content (AvgIpc) is 3.34. The molecule has 0 atom stereocenters. The van der Waals surface area contributed by atoms with Crippen molar-refractivity contribution in [1.29, 1.82) is 0 Å². The number of thiophene rings is 1. The fourth-order valence-corrected chi connectivity index (χ4v) is 3.56. The minimum atomic E-state index is -0.0365. The standard InChI is InChI=1S/C19H16N2O2S/c22-19(20-12-15-6-3-9-23-15)13-21-16-7-2-1-5-14(16)11-17(21)18-8-4-10-24-18/h1-11H,12-13H2,(H,20,22). The number of benzene rings is 1. The SMILES string of the molecule is O=C(Cn1c(-c2cccs2)cc2ccccc21)NCc1ccco1. The Morgan fingerprint density at radius 2 is 2.04 bits per heavy atom. The number of hydrogen-bond donors (Lipinski definition) is 1. The van der Waals surface area contributed by atoms with Crippen LogP contribution < -0.4 is 5.32 Å². The van der Waals surface area contributed by atoms with Crippen molar-refractivity contribution in [1.82, 2.24) is 9.88 Å². The van der Waals surface area contributed by atoms with E-state index < -0.39 is 0 Å². The molecule has 4 nitrogen and oxygen atoms in total.